The molecule has 0 radical (unpaired) electrons. The average molecular weight is 245 g/mol. The molecule has 0 aliphatic rings. The summed E-state index contributed by atoms with van der Waals surface area (Å²) >= 11 is 0. The van der Waals surface area contributed by atoms with Crippen LogP contribution < -0.4 is 0 Å². The Hall–Kier alpha value is -1.65. The molecule has 18 heavy (non-hydrogen) atoms. The monoisotopic (exact) mass is 245 g/mol. The minimum absolute atomic E-state index is 0.153. The molecule has 0 saturated carbocycles. The molecule has 0 fully saturated rings. The molecule has 0 spiro atoms. The van der Waals surface area contributed by atoms with E-state index in [1.54, 1.807) is 0 Å². The lowest BCUT2D eigenvalue weighted by Crippen LogP contribution is -2.26. The molecular formula is C14H19N3O. The number of aromatic nitrogens is 2. The van der Waals surface area contributed by atoms with Crippen molar-refractivity contribution in [2.24, 2.45) is 0 Å². The van der Waals surface area contributed by atoms with Gasteiger partial charge in [-0.1, -0.05) is 12.1 Å². The molecule has 2 aromatic heterocycles. The summed E-state index contributed by atoms with van der Waals surface area (Å²) in [6.07, 6.45) is 5.88. The first kappa shape index (κ1) is 12.8. The van der Waals surface area contributed by atoms with Crippen LogP contribution in [0.1, 0.15) is 11.3 Å². The van der Waals surface area contributed by atoms with Gasteiger partial charge in [0.25, 0.3) is 0 Å². The van der Waals surface area contributed by atoms with E-state index >= 15 is 0 Å². The summed E-state index contributed by atoms with van der Waals surface area (Å²) in [4.78, 5) is 6.74. The molecule has 2 heterocycles. The smallest absolute Gasteiger partial charge is 0.139 e. The van der Waals surface area contributed by atoms with E-state index < -0.39 is 0 Å². The van der Waals surface area contributed by atoms with Gasteiger partial charge in [-0.2, -0.15) is 0 Å². The van der Waals surface area contributed by atoms with Crippen molar-refractivity contribution < 1.29 is 5.11 Å². The van der Waals surface area contributed by atoms with Crippen molar-refractivity contribution in [2.75, 3.05) is 19.7 Å². The highest BCUT2D eigenvalue weighted by Gasteiger charge is 2.08. The van der Waals surface area contributed by atoms with Gasteiger partial charge >= 0.3 is 0 Å². The first-order valence-corrected chi connectivity index (χ1v) is 6.12. The van der Waals surface area contributed by atoms with E-state index in [1.807, 2.05) is 28.9 Å². The van der Waals surface area contributed by atoms with E-state index in [0.717, 1.165) is 24.4 Å². The van der Waals surface area contributed by atoms with Crippen molar-refractivity contribution in [2.45, 2.75) is 13.5 Å². The molecule has 0 unspecified atom stereocenters. The van der Waals surface area contributed by atoms with Gasteiger partial charge in [0.05, 0.1) is 12.3 Å². The Labute approximate surface area is 107 Å². The van der Waals surface area contributed by atoms with Crippen LogP contribution in [0, 0.1) is 6.92 Å². The van der Waals surface area contributed by atoms with Crippen molar-refractivity contribution in [1.82, 2.24) is 14.3 Å². The summed E-state index contributed by atoms with van der Waals surface area (Å²) in [7, 11) is 0. The van der Waals surface area contributed by atoms with Crippen LogP contribution in [-0.2, 0) is 6.54 Å². The van der Waals surface area contributed by atoms with Crippen LogP contribution in [0.4, 0.5) is 0 Å². The Morgan fingerprint density at radius 2 is 2.39 bits per heavy atom. The van der Waals surface area contributed by atoms with Gasteiger partial charge in [-0.15, -0.1) is 6.58 Å². The Morgan fingerprint density at radius 1 is 1.56 bits per heavy atom. The van der Waals surface area contributed by atoms with E-state index in [4.69, 9.17) is 5.11 Å². The van der Waals surface area contributed by atoms with Crippen molar-refractivity contribution in [3.63, 3.8) is 0 Å². The third-order valence-electron chi connectivity index (χ3n) is 2.92. The molecule has 4 nitrogen and oxygen atoms in total. The molecule has 4 heteroatoms. The summed E-state index contributed by atoms with van der Waals surface area (Å²) in [5.74, 6) is 0. The summed E-state index contributed by atoms with van der Waals surface area (Å²) in [5.41, 5.74) is 3.18. The predicted molar refractivity (Wildman–Crippen MR) is 72.5 cm³/mol. The second-order valence-electron chi connectivity index (χ2n) is 4.40. The fourth-order valence-electron chi connectivity index (χ4n) is 2.07. The van der Waals surface area contributed by atoms with Gasteiger partial charge in [0.2, 0.25) is 0 Å². The zero-order valence-electron chi connectivity index (χ0n) is 10.7. The van der Waals surface area contributed by atoms with Gasteiger partial charge < -0.3 is 9.51 Å². The number of pyridine rings is 1. The minimum atomic E-state index is 0.153. The number of aliphatic hydroxyl groups excluding tert-OH is 1. The van der Waals surface area contributed by atoms with E-state index in [-0.39, 0.29) is 6.61 Å². The van der Waals surface area contributed by atoms with Gasteiger partial charge in [-0.25, -0.2) is 4.98 Å². The normalized spacial score (nSPS) is 11.3. The first-order chi connectivity index (χ1) is 8.74. The number of hydrogen-bond acceptors (Lipinski definition) is 3. The van der Waals surface area contributed by atoms with Gasteiger partial charge in [0.1, 0.15) is 5.65 Å². The molecule has 0 aromatic carbocycles. The summed E-state index contributed by atoms with van der Waals surface area (Å²) in [5, 5.41) is 9.02. The van der Waals surface area contributed by atoms with Crippen LogP contribution >= 0.6 is 0 Å². The fourth-order valence-corrected chi connectivity index (χ4v) is 2.07. The maximum Gasteiger partial charge on any atom is 0.139 e. The summed E-state index contributed by atoms with van der Waals surface area (Å²) in [6, 6.07) is 4.07. The number of rotatable bonds is 6. The van der Waals surface area contributed by atoms with Crippen LogP contribution in [0.2, 0.25) is 0 Å². The molecule has 1 N–H and O–H groups in total. The van der Waals surface area contributed by atoms with Crippen LogP contribution in [0.15, 0.2) is 37.2 Å². The second-order valence-corrected chi connectivity index (χ2v) is 4.40. The summed E-state index contributed by atoms with van der Waals surface area (Å²) in [6.45, 7) is 8.07. The number of imidazole rings is 1. The molecule has 0 aliphatic heterocycles. The van der Waals surface area contributed by atoms with Crippen LogP contribution in [0.3, 0.4) is 0 Å². The largest absolute Gasteiger partial charge is 0.395 e. The maximum atomic E-state index is 9.02. The van der Waals surface area contributed by atoms with Crippen LogP contribution in [0.5, 0.6) is 0 Å². The number of aliphatic hydroxyl groups is 1. The molecule has 96 valence electrons. The van der Waals surface area contributed by atoms with E-state index in [0.29, 0.717) is 6.54 Å². The van der Waals surface area contributed by atoms with Gasteiger partial charge in [-0.05, 0) is 18.6 Å². The van der Waals surface area contributed by atoms with Crippen molar-refractivity contribution in [1.29, 1.82) is 0 Å². The molecule has 0 bridgehead atoms. The Morgan fingerprint density at radius 3 is 3.06 bits per heavy atom. The third kappa shape index (κ3) is 2.78. The highest BCUT2D eigenvalue weighted by Crippen LogP contribution is 2.11. The number of fused-ring (bicyclic) bond motifs is 1. The highest BCUT2D eigenvalue weighted by atomic mass is 16.3. The van der Waals surface area contributed by atoms with Crippen molar-refractivity contribution in [3.8, 4) is 0 Å². The lowest BCUT2D eigenvalue weighted by Gasteiger charge is -2.17. The molecule has 0 amide bonds. The average Bonchev–Trinajstić information content (AvgIpc) is 2.74. The molecule has 0 aliphatic carbocycles. The SMILES string of the molecule is C=CCN(CCO)Cc1cn2cccc(C)c2n1. The highest BCUT2D eigenvalue weighted by molar-refractivity contribution is 5.47. The van der Waals surface area contributed by atoms with Crippen LogP contribution in [-0.4, -0.2) is 39.1 Å². The van der Waals surface area contributed by atoms with Gasteiger partial charge in [0, 0.05) is 32.0 Å². The standard InChI is InChI=1S/C14H19N3O/c1-3-6-16(8-9-18)10-13-11-17-7-4-5-12(2)14(17)15-13/h3-5,7,11,18H,1,6,8-10H2,2H3. The Balaban J connectivity index is 2.20. The van der Waals surface area contributed by atoms with Crippen LogP contribution in [0.25, 0.3) is 5.65 Å². The quantitative estimate of drug-likeness (QED) is 0.786. The number of hydrogen-bond donors (Lipinski definition) is 1. The van der Waals surface area contributed by atoms with E-state index in [9.17, 15) is 0 Å². The Kier molecular flexibility index (Phi) is 4.12. The molecule has 2 aromatic rings. The van der Waals surface area contributed by atoms with Crippen molar-refractivity contribution >= 4 is 5.65 Å². The summed E-state index contributed by atoms with van der Waals surface area (Å²) < 4.78 is 2.04. The maximum absolute atomic E-state index is 9.02. The van der Waals surface area contributed by atoms with Gasteiger partial charge in [-0.3, -0.25) is 4.90 Å². The first-order valence-electron chi connectivity index (χ1n) is 6.12. The second kappa shape index (κ2) is 5.80. The number of nitrogens with zero attached hydrogens (tertiary/aromatic N) is 3. The third-order valence-corrected chi connectivity index (χ3v) is 2.92. The topological polar surface area (TPSA) is 40.8 Å². The molecule has 0 saturated heterocycles. The predicted octanol–water partition coefficient (Wildman–Crippen LogP) is 1.62. The molecule has 2 rings (SSSR count). The lowest BCUT2D eigenvalue weighted by atomic mass is 10.3. The Bertz CT molecular complexity index is 533. The zero-order chi connectivity index (χ0) is 13.0. The minimum Gasteiger partial charge on any atom is -0.395 e. The molecular weight excluding hydrogens is 226 g/mol. The van der Waals surface area contributed by atoms with Gasteiger partial charge in [0.15, 0.2) is 0 Å². The number of aryl methyl sites for hydroxylation is 1. The fraction of sp³-hybridized carbons (Fsp3) is 0.357. The zero-order valence-corrected chi connectivity index (χ0v) is 10.7. The van der Waals surface area contributed by atoms with Crippen molar-refractivity contribution in [3.05, 3.63) is 48.4 Å². The van der Waals surface area contributed by atoms with E-state index in [1.165, 1.54) is 5.56 Å². The van der Waals surface area contributed by atoms with E-state index in [2.05, 4.69) is 29.5 Å². The lowest BCUT2D eigenvalue weighted by molar-refractivity contribution is 0.202. The molecule has 0 atom stereocenters.